The Morgan fingerprint density at radius 2 is 1.64 bits per heavy atom. The van der Waals surface area contributed by atoms with Crippen molar-refractivity contribution < 1.29 is 27.9 Å². The van der Waals surface area contributed by atoms with E-state index in [0.29, 0.717) is 41.8 Å². The van der Waals surface area contributed by atoms with Crippen LogP contribution in [0.2, 0.25) is 0 Å². The summed E-state index contributed by atoms with van der Waals surface area (Å²) in [5, 5.41) is 2.79. The van der Waals surface area contributed by atoms with Gasteiger partial charge in [-0.3, -0.25) is 14.4 Å². The van der Waals surface area contributed by atoms with Crippen molar-refractivity contribution in [3.8, 4) is 5.75 Å². The number of carbonyl (C=O) groups excluding carboxylic acids is 3. The molecule has 0 bridgehead atoms. The number of alkyl halides is 2. The molecule has 0 radical (unpaired) electrons. The molecule has 0 unspecified atom stereocenters. The first kappa shape index (κ1) is 30.9. The largest absolute Gasteiger partial charge is 0.497 e. The van der Waals surface area contributed by atoms with E-state index in [-0.39, 0.29) is 29.2 Å². The minimum absolute atomic E-state index is 0.155. The Morgan fingerprint density at radius 3 is 2.32 bits per heavy atom. The van der Waals surface area contributed by atoms with E-state index in [2.05, 4.69) is 10.2 Å². The number of ether oxygens (including phenoxy) is 1. The number of methoxy groups -OCH3 is 1. The van der Waals surface area contributed by atoms with Crippen LogP contribution in [0.1, 0.15) is 45.5 Å². The highest BCUT2D eigenvalue weighted by molar-refractivity contribution is 6.10. The fraction of sp³-hybridized carbons (Fsp3) is 0.324. The van der Waals surface area contributed by atoms with Gasteiger partial charge >= 0.3 is 0 Å². The quantitative estimate of drug-likeness (QED) is 0.373. The summed E-state index contributed by atoms with van der Waals surface area (Å²) in [6.45, 7) is 0.759. The summed E-state index contributed by atoms with van der Waals surface area (Å²) in [6, 6.07) is 19.8. The molecule has 0 aromatic heterocycles. The van der Waals surface area contributed by atoms with Crippen LogP contribution in [0.5, 0.6) is 5.75 Å². The summed E-state index contributed by atoms with van der Waals surface area (Å²) in [7, 11) is 5.51. The molecular formula is C34H36F2N4O4. The van der Waals surface area contributed by atoms with E-state index in [1.165, 1.54) is 18.1 Å². The lowest BCUT2D eigenvalue weighted by atomic mass is 9.96. The lowest BCUT2D eigenvalue weighted by Gasteiger charge is -2.35. The average molecular weight is 603 g/mol. The second kappa shape index (κ2) is 13.0. The maximum Gasteiger partial charge on any atom is 0.275 e. The second-order valence-electron chi connectivity index (χ2n) is 11.3. The van der Waals surface area contributed by atoms with E-state index in [1.807, 2.05) is 14.1 Å². The summed E-state index contributed by atoms with van der Waals surface area (Å²) in [5.41, 5.74) is 1.24. The van der Waals surface area contributed by atoms with Gasteiger partial charge in [0.25, 0.3) is 17.7 Å². The predicted molar refractivity (Wildman–Crippen MR) is 166 cm³/mol. The van der Waals surface area contributed by atoms with Gasteiger partial charge in [-0.15, -0.1) is 0 Å². The number of nitrogens with one attached hydrogen (secondary N) is 1. The van der Waals surface area contributed by atoms with Crippen molar-refractivity contribution in [3.05, 3.63) is 95.6 Å². The molecule has 230 valence electrons. The first-order valence-electron chi connectivity index (χ1n) is 14.6. The Balaban J connectivity index is 1.36. The fourth-order valence-corrected chi connectivity index (χ4v) is 5.67. The van der Waals surface area contributed by atoms with E-state index in [0.717, 1.165) is 18.9 Å². The van der Waals surface area contributed by atoms with E-state index >= 15 is 8.78 Å². The first-order valence-corrected chi connectivity index (χ1v) is 14.6. The number of piperidine rings is 1. The number of anilines is 2. The van der Waals surface area contributed by atoms with Crippen molar-refractivity contribution in [1.29, 1.82) is 0 Å². The molecule has 2 aliphatic rings. The SMILES string of the molecule is COc1cccc(C(=O)Nc2ccc(C(=O)N3CCC(F)(F)/C(=C\C(=O)N4CCC(N(C)C)CC4)c4ccccc43)cc2)c1. The summed E-state index contributed by atoms with van der Waals surface area (Å²) >= 11 is 0. The van der Waals surface area contributed by atoms with Crippen LogP contribution >= 0.6 is 0 Å². The molecule has 1 fully saturated rings. The number of likely N-dealkylation sites (tertiary alicyclic amines) is 1. The van der Waals surface area contributed by atoms with Crippen LogP contribution in [0.25, 0.3) is 5.57 Å². The molecule has 0 atom stereocenters. The van der Waals surface area contributed by atoms with Gasteiger partial charge in [0.1, 0.15) is 5.75 Å². The van der Waals surface area contributed by atoms with Crippen LogP contribution in [0.3, 0.4) is 0 Å². The van der Waals surface area contributed by atoms with E-state index in [4.69, 9.17) is 4.74 Å². The topological polar surface area (TPSA) is 82.2 Å². The third kappa shape index (κ3) is 6.65. The van der Waals surface area contributed by atoms with Crippen LogP contribution in [0.4, 0.5) is 20.2 Å². The van der Waals surface area contributed by atoms with Crippen molar-refractivity contribution >= 4 is 34.7 Å². The standard InChI is InChI=1S/C34H36F2N4O4/c1-38(2)26-15-18-39(19-16-26)31(41)22-29-28-9-4-5-10-30(28)40(20-17-34(29,35)36)33(43)23-11-13-25(14-12-23)37-32(42)24-7-6-8-27(21-24)44-3/h4-14,21-22,26H,15-20H2,1-3H3,(H,37,42)/b29-22-. The fourth-order valence-electron chi connectivity index (χ4n) is 5.67. The molecule has 0 saturated carbocycles. The van der Waals surface area contributed by atoms with E-state index in [1.54, 1.807) is 71.6 Å². The van der Waals surface area contributed by atoms with Gasteiger partial charge in [-0.2, -0.15) is 0 Å². The van der Waals surface area contributed by atoms with Crippen LogP contribution < -0.4 is 15.0 Å². The van der Waals surface area contributed by atoms with Gasteiger partial charge in [-0.05, 0) is 75.5 Å². The van der Waals surface area contributed by atoms with Gasteiger partial charge in [0.15, 0.2) is 0 Å². The summed E-state index contributed by atoms with van der Waals surface area (Å²) < 4.78 is 36.5. The average Bonchev–Trinajstić information content (AvgIpc) is 3.14. The van der Waals surface area contributed by atoms with Gasteiger partial charge in [0.2, 0.25) is 5.91 Å². The number of hydrogen-bond acceptors (Lipinski definition) is 5. The molecule has 44 heavy (non-hydrogen) atoms. The number of rotatable bonds is 6. The highest BCUT2D eigenvalue weighted by atomic mass is 19.3. The molecule has 3 amide bonds. The number of allylic oxidation sites excluding steroid dienone is 1. The molecule has 0 spiro atoms. The zero-order valence-corrected chi connectivity index (χ0v) is 25.1. The monoisotopic (exact) mass is 602 g/mol. The van der Waals surface area contributed by atoms with Crippen molar-refractivity contribution in [2.24, 2.45) is 0 Å². The Hall–Kier alpha value is -4.57. The van der Waals surface area contributed by atoms with Gasteiger partial charge in [0, 0.05) is 66.1 Å². The number of amides is 3. The first-order chi connectivity index (χ1) is 21.1. The van der Waals surface area contributed by atoms with Gasteiger partial charge in [-0.25, -0.2) is 8.78 Å². The van der Waals surface area contributed by atoms with Gasteiger partial charge < -0.3 is 24.8 Å². The number of carbonyl (C=O) groups is 3. The molecule has 3 aromatic carbocycles. The van der Waals surface area contributed by atoms with Crippen LogP contribution in [0.15, 0.2) is 78.9 Å². The lowest BCUT2D eigenvalue weighted by Crippen LogP contribution is -2.44. The summed E-state index contributed by atoms with van der Waals surface area (Å²) in [6.07, 6.45) is 1.98. The normalized spacial score (nSPS) is 17.6. The van der Waals surface area contributed by atoms with Crippen LogP contribution in [0, 0.1) is 0 Å². The lowest BCUT2D eigenvalue weighted by molar-refractivity contribution is -0.127. The van der Waals surface area contributed by atoms with Crippen molar-refractivity contribution in [2.45, 2.75) is 31.2 Å². The third-order valence-electron chi connectivity index (χ3n) is 8.27. The second-order valence-corrected chi connectivity index (χ2v) is 11.3. The van der Waals surface area contributed by atoms with Crippen molar-refractivity contribution in [2.75, 3.05) is 51.1 Å². The predicted octanol–water partition coefficient (Wildman–Crippen LogP) is 5.57. The number of fused-ring (bicyclic) bond motifs is 1. The molecule has 3 aromatic rings. The van der Waals surface area contributed by atoms with Crippen molar-refractivity contribution in [1.82, 2.24) is 9.80 Å². The maximum absolute atomic E-state index is 15.7. The van der Waals surface area contributed by atoms with Crippen LogP contribution in [-0.4, -0.2) is 80.3 Å². The summed E-state index contributed by atoms with van der Waals surface area (Å²) in [4.78, 5) is 44.7. The number of halogens is 2. The molecule has 1 N–H and O–H groups in total. The maximum atomic E-state index is 15.7. The number of para-hydroxylation sites is 1. The Labute approximate surface area is 255 Å². The van der Waals surface area contributed by atoms with Gasteiger partial charge in [-0.1, -0.05) is 24.3 Å². The van der Waals surface area contributed by atoms with Crippen LogP contribution in [-0.2, 0) is 4.79 Å². The molecule has 2 heterocycles. The van der Waals surface area contributed by atoms with E-state index < -0.39 is 24.2 Å². The molecule has 0 aliphatic carbocycles. The molecule has 8 nitrogen and oxygen atoms in total. The Kier molecular flexibility index (Phi) is 9.10. The molecule has 2 aliphatic heterocycles. The highest BCUT2D eigenvalue weighted by Crippen LogP contribution is 2.43. The van der Waals surface area contributed by atoms with E-state index in [9.17, 15) is 14.4 Å². The minimum Gasteiger partial charge on any atom is -0.497 e. The number of benzene rings is 3. The molecule has 10 heteroatoms. The smallest absolute Gasteiger partial charge is 0.275 e. The highest BCUT2D eigenvalue weighted by Gasteiger charge is 2.42. The minimum atomic E-state index is -3.32. The molecule has 1 saturated heterocycles. The summed E-state index contributed by atoms with van der Waals surface area (Å²) in [5.74, 6) is -4.02. The third-order valence-corrected chi connectivity index (χ3v) is 8.27. The number of nitrogens with zero attached hydrogens (tertiary/aromatic N) is 3. The zero-order chi connectivity index (χ0) is 31.4. The molecule has 5 rings (SSSR count). The molecular weight excluding hydrogens is 566 g/mol. The van der Waals surface area contributed by atoms with Gasteiger partial charge in [0.05, 0.1) is 12.8 Å². The van der Waals surface area contributed by atoms with Crippen molar-refractivity contribution in [3.63, 3.8) is 0 Å². The Bertz CT molecular complexity index is 1560. The Morgan fingerprint density at radius 1 is 0.932 bits per heavy atom. The zero-order valence-electron chi connectivity index (χ0n) is 25.1. The number of hydrogen-bond donors (Lipinski definition) is 1.